The van der Waals surface area contributed by atoms with Gasteiger partial charge >= 0.3 is 6.01 Å². The summed E-state index contributed by atoms with van der Waals surface area (Å²) < 4.78 is 87.2. The van der Waals surface area contributed by atoms with Crippen LogP contribution in [0.15, 0.2) is 24.3 Å². The van der Waals surface area contributed by atoms with E-state index >= 15 is 0 Å². The molecule has 0 aliphatic carbocycles. The maximum absolute atomic E-state index is 14.1. The zero-order valence-electron chi connectivity index (χ0n) is 18.0. The average molecular weight is 499 g/mol. The molecule has 1 aliphatic rings. The molecule has 1 saturated heterocycles. The van der Waals surface area contributed by atoms with E-state index in [1.807, 2.05) is 0 Å². The quantitative estimate of drug-likeness (QED) is 0.285. The lowest BCUT2D eigenvalue weighted by molar-refractivity contribution is 0.202. The fourth-order valence-electron chi connectivity index (χ4n) is 3.52. The van der Waals surface area contributed by atoms with E-state index < -0.39 is 46.7 Å². The van der Waals surface area contributed by atoms with Gasteiger partial charge in [-0.2, -0.15) is 23.7 Å². The normalized spacial score (nSPS) is 14.3. The topological polar surface area (TPSA) is 83.4 Å². The number of nitrogens with one attached hydrogen (secondary N) is 1. The molecular formula is C22H19F6N5O2. The van der Waals surface area contributed by atoms with Gasteiger partial charge < -0.3 is 20.1 Å². The summed E-state index contributed by atoms with van der Waals surface area (Å²) in [6, 6.07) is 4.93. The Labute approximate surface area is 195 Å². The smallest absolute Gasteiger partial charge is 0.328 e. The van der Waals surface area contributed by atoms with Crippen LogP contribution < -0.4 is 15.0 Å². The number of aliphatic hydroxyl groups is 1. The van der Waals surface area contributed by atoms with E-state index in [2.05, 4.69) is 20.3 Å². The minimum atomic E-state index is -2.33. The molecule has 1 aliphatic heterocycles. The number of halogens is 6. The van der Waals surface area contributed by atoms with Crippen molar-refractivity contribution in [3.63, 3.8) is 0 Å². The molecule has 2 N–H and O–H groups in total. The van der Waals surface area contributed by atoms with Gasteiger partial charge in [-0.3, -0.25) is 0 Å². The number of piperidine rings is 1. The van der Waals surface area contributed by atoms with Crippen molar-refractivity contribution in [2.45, 2.75) is 19.4 Å². The first-order chi connectivity index (χ1) is 16.8. The number of nitrogens with zero attached hydrogens (tertiary/aromatic N) is 4. The summed E-state index contributed by atoms with van der Waals surface area (Å²) in [5.41, 5.74) is 0.526. The van der Waals surface area contributed by atoms with E-state index in [1.165, 1.54) is 18.2 Å². The van der Waals surface area contributed by atoms with E-state index in [4.69, 9.17) is 4.74 Å². The molecule has 0 atom stereocenters. The number of rotatable bonds is 7. The second-order valence-electron chi connectivity index (χ2n) is 7.84. The molecule has 0 unspecified atom stereocenters. The summed E-state index contributed by atoms with van der Waals surface area (Å²) in [5.74, 6) is -13.1. The highest BCUT2D eigenvalue weighted by Gasteiger charge is 2.29. The molecule has 0 spiro atoms. The number of anilines is 2. The molecular weight excluding hydrogens is 480 g/mol. The van der Waals surface area contributed by atoms with Crippen LogP contribution in [0.3, 0.4) is 0 Å². The fourth-order valence-corrected chi connectivity index (χ4v) is 3.52. The number of hydrogen-bond acceptors (Lipinski definition) is 7. The molecule has 1 aromatic heterocycles. The predicted octanol–water partition coefficient (Wildman–Crippen LogP) is 4.32. The van der Waals surface area contributed by atoms with Crippen molar-refractivity contribution in [1.82, 2.24) is 15.0 Å². The largest absolute Gasteiger partial charge is 0.418 e. The number of aliphatic hydroxyl groups excluding tert-OH is 1. The maximum Gasteiger partial charge on any atom is 0.328 e. The first kappa shape index (κ1) is 24.5. The molecule has 7 nitrogen and oxygen atoms in total. The number of aromatic nitrogens is 3. The molecule has 13 heteroatoms. The monoisotopic (exact) mass is 499 g/mol. The van der Waals surface area contributed by atoms with Crippen molar-refractivity contribution in [2.75, 3.05) is 29.9 Å². The van der Waals surface area contributed by atoms with Crippen molar-refractivity contribution in [3.05, 3.63) is 64.7 Å². The summed E-state index contributed by atoms with van der Waals surface area (Å²) in [4.78, 5) is 13.8. The van der Waals surface area contributed by atoms with Crippen LogP contribution in [0.5, 0.6) is 11.8 Å². The minimum Gasteiger partial charge on any atom is -0.418 e. The first-order valence-electron chi connectivity index (χ1n) is 10.6. The van der Waals surface area contributed by atoms with Gasteiger partial charge in [0, 0.05) is 26.2 Å². The van der Waals surface area contributed by atoms with Gasteiger partial charge in [-0.1, -0.05) is 12.1 Å². The summed E-state index contributed by atoms with van der Waals surface area (Å²) in [6.45, 7) is 0.928. The van der Waals surface area contributed by atoms with Crippen molar-refractivity contribution in [2.24, 2.45) is 5.92 Å². The summed E-state index contributed by atoms with van der Waals surface area (Å²) in [7, 11) is 0. The third-order valence-electron chi connectivity index (χ3n) is 5.46. The Morgan fingerprint density at radius 1 is 0.914 bits per heavy atom. The zero-order chi connectivity index (χ0) is 25.1. The molecule has 0 amide bonds. The van der Waals surface area contributed by atoms with Crippen LogP contribution in [-0.2, 0) is 6.54 Å². The minimum absolute atomic E-state index is 0.0140. The Morgan fingerprint density at radius 3 is 2.20 bits per heavy atom. The van der Waals surface area contributed by atoms with E-state index in [0.717, 1.165) is 0 Å². The van der Waals surface area contributed by atoms with Crippen molar-refractivity contribution in [1.29, 1.82) is 0 Å². The van der Waals surface area contributed by atoms with Crippen LogP contribution in [-0.4, -0.2) is 39.8 Å². The Hall–Kier alpha value is -3.61. The van der Waals surface area contributed by atoms with Crippen LogP contribution in [0.1, 0.15) is 18.4 Å². The molecule has 35 heavy (non-hydrogen) atoms. The first-order valence-corrected chi connectivity index (χ1v) is 10.6. The van der Waals surface area contributed by atoms with Gasteiger partial charge in [0.25, 0.3) is 0 Å². The van der Waals surface area contributed by atoms with E-state index in [1.54, 1.807) is 11.0 Å². The van der Waals surface area contributed by atoms with Crippen molar-refractivity contribution < 1.29 is 36.2 Å². The van der Waals surface area contributed by atoms with E-state index in [0.29, 0.717) is 31.5 Å². The maximum atomic E-state index is 14.1. The lowest BCUT2D eigenvalue weighted by atomic mass is 9.98. The fraction of sp³-hybridized carbons (Fsp3) is 0.318. The van der Waals surface area contributed by atoms with E-state index in [-0.39, 0.29) is 31.0 Å². The van der Waals surface area contributed by atoms with E-state index in [9.17, 15) is 31.4 Å². The zero-order valence-corrected chi connectivity index (χ0v) is 18.0. The molecule has 186 valence electrons. The van der Waals surface area contributed by atoms with Crippen LogP contribution in [0.25, 0.3) is 0 Å². The molecule has 2 heterocycles. The van der Waals surface area contributed by atoms with Crippen LogP contribution in [0.4, 0.5) is 38.2 Å². The molecule has 2 aromatic carbocycles. The highest BCUT2D eigenvalue weighted by atomic mass is 19.2. The lowest BCUT2D eigenvalue weighted by Crippen LogP contribution is -2.36. The highest BCUT2D eigenvalue weighted by Crippen LogP contribution is 2.32. The number of ether oxygens (including phenoxy) is 1. The highest BCUT2D eigenvalue weighted by molar-refractivity contribution is 5.41. The third kappa shape index (κ3) is 5.39. The molecule has 0 saturated carbocycles. The molecule has 0 radical (unpaired) electrons. The predicted molar refractivity (Wildman–Crippen MR) is 112 cm³/mol. The summed E-state index contributed by atoms with van der Waals surface area (Å²) >= 11 is 0. The van der Waals surface area contributed by atoms with Crippen LogP contribution in [0, 0.1) is 40.8 Å². The summed E-state index contributed by atoms with van der Waals surface area (Å²) in [6.07, 6.45) is 1.23. The average Bonchev–Trinajstić information content (AvgIpc) is 2.87. The lowest BCUT2D eigenvalue weighted by Gasteiger charge is -2.31. The Morgan fingerprint density at radius 2 is 1.57 bits per heavy atom. The van der Waals surface area contributed by atoms with Crippen molar-refractivity contribution >= 4 is 11.9 Å². The SMILES string of the molecule is OCC1CCN(c2nc(NCc3cccc(F)c3)nc(Oc3c(F)c(F)c(F)c(F)c3F)n2)CC1. The Balaban J connectivity index is 1.66. The third-order valence-corrected chi connectivity index (χ3v) is 5.46. The van der Waals surface area contributed by atoms with Gasteiger partial charge in [-0.15, -0.1) is 0 Å². The van der Waals surface area contributed by atoms with Gasteiger partial charge in [0.2, 0.25) is 46.7 Å². The Bertz CT molecular complexity index is 1190. The van der Waals surface area contributed by atoms with Gasteiger partial charge in [-0.25, -0.2) is 17.6 Å². The van der Waals surface area contributed by atoms with Gasteiger partial charge in [-0.05, 0) is 36.5 Å². The standard InChI is InChI=1S/C22H19F6N5O2/c23-13-3-1-2-12(8-13)9-29-20-30-21(33-6-4-11(10-34)5-7-33)32-22(31-20)35-19-17(27)15(25)14(24)16(26)18(19)28/h1-3,8,11,34H,4-7,9-10H2,(H,29,30,31,32). The molecule has 0 bridgehead atoms. The molecule has 3 aromatic rings. The van der Waals surface area contributed by atoms with Gasteiger partial charge in [0.15, 0.2) is 0 Å². The van der Waals surface area contributed by atoms with Crippen molar-refractivity contribution in [3.8, 4) is 11.8 Å². The van der Waals surface area contributed by atoms with Crippen LogP contribution >= 0.6 is 0 Å². The second kappa shape index (κ2) is 10.3. The molecule has 1 fully saturated rings. The summed E-state index contributed by atoms with van der Waals surface area (Å²) in [5, 5.41) is 12.1. The van der Waals surface area contributed by atoms with Gasteiger partial charge in [0.1, 0.15) is 5.82 Å². The van der Waals surface area contributed by atoms with Gasteiger partial charge in [0.05, 0.1) is 0 Å². The van der Waals surface area contributed by atoms with Crippen LogP contribution in [0.2, 0.25) is 0 Å². The number of benzene rings is 2. The molecule has 4 rings (SSSR count). The Kier molecular flexibility index (Phi) is 7.24. The number of hydrogen-bond donors (Lipinski definition) is 2. The second-order valence-corrected chi connectivity index (χ2v) is 7.84.